The molecule has 0 bridgehead atoms. The maximum Gasteiger partial charge on any atom is 0.185 e. The molecule has 0 spiro atoms. The van der Waals surface area contributed by atoms with Gasteiger partial charge in [-0.25, -0.2) is 4.98 Å². The van der Waals surface area contributed by atoms with E-state index < -0.39 is 0 Å². The van der Waals surface area contributed by atoms with Crippen molar-refractivity contribution in [1.82, 2.24) is 15.2 Å². The molecule has 1 aromatic heterocycles. The molecule has 2 heterocycles. The van der Waals surface area contributed by atoms with Gasteiger partial charge in [0.05, 0.1) is 12.3 Å². The zero-order valence-corrected chi connectivity index (χ0v) is 13.8. The first-order valence-corrected chi connectivity index (χ1v) is 8.04. The van der Waals surface area contributed by atoms with Gasteiger partial charge in [0.1, 0.15) is 0 Å². The lowest BCUT2D eigenvalue weighted by Crippen LogP contribution is -2.50. The van der Waals surface area contributed by atoms with Gasteiger partial charge in [-0.3, -0.25) is 0 Å². The zero-order valence-electron chi connectivity index (χ0n) is 13.0. The lowest BCUT2D eigenvalue weighted by molar-refractivity contribution is 0.199. The lowest BCUT2D eigenvalue weighted by Gasteiger charge is -2.37. The second kappa shape index (κ2) is 7.36. The van der Waals surface area contributed by atoms with Crippen LogP contribution in [0.4, 0.5) is 5.13 Å². The number of hydrogen-bond donors (Lipinski definition) is 1. The summed E-state index contributed by atoms with van der Waals surface area (Å²) in [6, 6.07) is 0.594. The molecule has 0 aromatic carbocycles. The molecule has 1 unspecified atom stereocenters. The number of piperazine rings is 1. The predicted octanol–water partition coefficient (Wildman–Crippen LogP) is 1.33. The Morgan fingerprint density at radius 2 is 2.25 bits per heavy atom. The maximum absolute atomic E-state index is 5.04. The summed E-state index contributed by atoms with van der Waals surface area (Å²) in [6.07, 6.45) is 0. The Balaban J connectivity index is 1.93. The van der Waals surface area contributed by atoms with Gasteiger partial charge in [0.25, 0.3) is 0 Å². The molecule has 0 aliphatic carbocycles. The summed E-state index contributed by atoms with van der Waals surface area (Å²) in [5.74, 6) is 0. The Morgan fingerprint density at radius 1 is 1.45 bits per heavy atom. The monoisotopic (exact) mass is 298 g/mol. The minimum Gasteiger partial charge on any atom is -0.383 e. The van der Waals surface area contributed by atoms with Crippen molar-refractivity contribution < 1.29 is 4.74 Å². The van der Waals surface area contributed by atoms with E-state index in [9.17, 15) is 0 Å². The minimum atomic E-state index is 0.594. The van der Waals surface area contributed by atoms with E-state index in [1.165, 1.54) is 10.0 Å². The van der Waals surface area contributed by atoms with E-state index >= 15 is 0 Å². The third-order valence-electron chi connectivity index (χ3n) is 3.88. The molecule has 1 N–H and O–H groups in total. The molecule has 1 aromatic rings. The van der Waals surface area contributed by atoms with Crippen molar-refractivity contribution in [2.24, 2.45) is 0 Å². The van der Waals surface area contributed by atoms with Crippen molar-refractivity contribution in [1.29, 1.82) is 0 Å². The first-order chi connectivity index (χ1) is 9.61. The zero-order chi connectivity index (χ0) is 14.5. The summed E-state index contributed by atoms with van der Waals surface area (Å²) in [4.78, 5) is 10.9. The standard InChI is InChI=1S/C14H26N4OS/c1-11-10-18(7-6-17(11)3)14-16-12(2)13(20-14)9-15-5-8-19-4/h11,15H,5-10H2,1-4H3. The van der Waals surface area contributed by atoms with E-state index in [-0.39, 0.29) is 0 Å². The fraction of sp³-hybridized carbons (Fsp3) is 0.786. The molecule has 5 nitrogen and oxygen atoms in total. The fourth-order valence-electron chi connectivity index (χ4n) is 2.31. The van der Waals surface area contributed by atoms with Crippen LogP contribution in [0.15, 0.2) is 0 Å². The molecule has 2 rings (SSSR count). The number of aryl methyl sites for hydroxylation is 1. The predicted molar refractivity (Wildman–Crippen MR) is 84.7 cm³/mol. The van der Waals surface area contributed by atoms with E-state index in [0.29, 0.717) is 6.04 Å². The van der Waals surface area contributed by atoms with Gasteiger partial charge in [0, 0.05) is 50.8 Å². The largest absolute Gasteiger partial charge is 0.383 e. The van der Waals surface area contributed by atoms with Crippen LogP contribution in [0.3, 0.4) is 0 Å². The number of hydrogen-bond acceptors (Lipinski definition) is 6. The van der Waals surface area contributed by atoms with Gasteiger partial charge < -0.3 is 19.9 Å². The van der Waals surface area contributed by atoms with Gasteiger partial charge in [-0.2, -0.15) is 0 Å². The van der Waals surface area contributed by atoms with E-state index in [1.54, 1.807) is 7.11 Å². The second-order valence-corrected chi connectivity index (χ2v) is 6.51. The first kappa shape index (κ1) is 15.7. The van der Waals surface area contributed by atoms with Crippen LogP contribution in [0.2, 0.25) is 0 Å². The third-order valence-corrected chi connectivity index (χ3v) is 5.10. The van der Waals surface area contributed by atoms with E-state index in [4.69, 9.17) is 9.72 Å². The Hall–Kier alpha value is -0.690. The van der Waals surface area contributed by atoms with Crippen LogP contribution in [-0.2, 0) is 11.3 Å². The number of thiazole rings is 1. The normalized spacial score (nSPS) is 20.6. The Bertz CT molecular complexity index is 423. The SMILES string of the molecule is COCCNCc1sc(N2CCN(C)C(C)C2)nc1C. The highest BCUT2D eigenvalue weighted by atomic mass is 32.1. The average Bonchev–Trinajstić information content (AvgIpc) is 2.79. The van der Waals surface area contributed by atoms with Gasteiger partial charge in [-0.1, -0.05) is 0 Å². The molecule has 1 fully saturated rings. The van der Waals surface area contributed by atoms with Gasteiger partial charge in [0.2, 0.25) is 0 Å². The van der Waals surface area contributed by atoms with Crippen molar-refractivity contribution in [2.75, 3.05) is 51.8 Å². The number of rotatable bonds is 6. The van der Waals surface area contributed by atoms with Gasteiger partial charge in [0.15, 0.2) is 5.13 Å². The molecule has 6 heteroatoms. The lowest BCUT2D eigenvalue weighted by atomic mass is 10.2. The van der Waals surface area contributed by atoms with Crippen molar-refractivity contribution in [3.05, 3.63) is 10.6 Å². The third kappa shape index (κ3) is 3.91. The molecular formula is C14H26N4OS. The van der Waals surface area contributed by atoms with Crippen LogP contribution in [0.5, 0.6) is 0 Å². The molecule has 1 atom stereocenters. The smallest absolute Gasteiger partial charge is 0.185 e. The molecule has 20 heavy (non-hydrogen) atoms. The first-order valence-electron chi connectivity index (χ1n) is 7.23. The topological polar surface area (TPSA) is 40.6 Å². The highest BCUT2D eigenvalue weighted by molar-refractivity contribution is 7.15. The summed E-state index contributed by atoms with van der Waals surface area (Å²) in [5.41, 5.74) is 1.15. The molecule has 1 aliphatic heterocycles. The van der Waals surface area contributed by atoms with Crippen molar-refractivity contribution >= 4 is 16.5 Å². The number of nitrogens with zero attached hydrogens (tertiary/aromatic N) is 3. The minimum absolute atomic E-state index is 0.594. The van der Waals surface area contributed by atoms with Crippen LogP contribution in [0.1, 0.15) is 17.5 Å². The molecule has 0 radical (unpaired) electrons. The number of ether oxygens (including phenoxy) is 1. The van der Waals surface area contributed by atoms with Crippen LogP contribution in [0.25, 0.3) is 0 Å². The van der Waals surface area contributed by atoms with Crippen molar-refractivity contribution in [3.8, 4) is 0 Å². The van der Waals surface area contributed by atoms with Crippen LogP contribution in [0, 0.1) is 6.92 Å². The van der Waals surface area contributed by atoms with Gasteiger partial charge in [-0.05, 0) is 20.9 Å². The van der Waals surface area contributed by atoms with Gasteiger partial charge in [-0.15, -0.1) is 11.3 Å². The van der Waals surface area contributed by atoms with Crippen molar-refractivity contribution in [3.63, 3.8) is 0 Å². The van der Waals surface area contributed by atoms with E-state index in [0.717, 1.165) is 45.0 Å². The number of nitrogens with one attached hydrogen (secondary N) is 1. The summed E-state index contributed by atoms with van der Waals surface area (Å²) < 4.78 is 5.04. The number of anilines is 1. The number of aromatic nitrogens is 1. The number of likely N-dealkylation sites (N-methyl/N-ethyl adjacent to an activating group) is 1. The Labute approximate surface area is 125 Å². The van der Waals surface area contributed by atoms with Crippen LogP contribution >= 0.6 is 11.3 Å². The molecule has 1 saturated heterocycles. The van der Waals surface area contributed by atoms with Crippen LogP contribution < -0.4 is 10.2 Å². The second-order valence-electron chi connectivity index (χ2n) is 5.45. The summed E-state index contributed by atoms with van der Waals surface area (Å²) in [7, 11) is 3.92. The summed E-state index contributed by atoms with van der Waals surface area (Å²) >= 11 is 1.82. The fourth-order valence-corrected chi connectivity index (χ4v) is 3.38. The molecule has 114 valence electrons. The Morgan fingerprint density at radius 3 is 2.95 bits per heavy atom. The van der Waals surface area contributed by atoms with Crippen LogP contribution in [-0.4, -0.2) is 62.9 Å². The quantitative estimate of drug-likeness (QED) is 0.802. The van der Waals surface area contributed by atoms with E-state index in [2.05, 4.69) is 36.0 Å². The Kier molecular flexibility index (Phi) is 5.77. The highest BCUT2D eigenvalue weighted by Gasteiger charge is 2.23. The molecule has 0 saturated carbocycles. The highest BCUT2D eigenvalue weighted by Crippen LogP contribution is 2.27. The molecule has 1 aliphatic rings. The molecular weight excluding hydrogens is 272 g/mol. The summed E-state index contributed by atoms with van der Waals surface area (Å²) in [6.45, 7) is 10.2. The maximum atomic E-state index is 5.04. The molecule has 0 amide bonds. The average molecular weight is 298 g/mol. The summed E-state index contributed by atoms with van der Waals surface area (Å²) in [5, 5.41) is 4.57. The van der Waals surface area contributed by atoms with Crippen molar-refractivity contribution in [2.45, 2.75) is 26.4 Å². The van der Waals surface area contributed by atoms with Gasteiger partial charge >= 0.3 is 0 Å². The number of methoxy groups -OCH3 is 1. The van der Waals surface area contributed by atoms with E-state index in [1.807, 2.05) is 11.3 Å².